The third kappa shape index (κ3) is 3.36. The van der Waals surface area contributed by atoms with E-state index in [0.29, 0.717) is 18.3 Å². The molecule has 0 N–H and O–H groups in total. The Hall–Kier alpha value is -2.14. The first kappa shape index (κ1) is 14.8. The number of hydrogen-bond acceptors (Lipinski definition) is 4. The Morgan fingerprint density at radius 3 is 2.36 bits per heavy atom. The van der Waals surface area contributed by atoms with E-state index < -0.39 is 0 Å². The molecule has 0 fully saturated rings. The number of aryl methyl sites for hydroxylation is 1. The molecule has 0 bridgehead atoms. The summed E-state index contributed by atoms with van der Waals surface area (Å²) in [5, 5.41) is 8.26. The molecule has 0 saturated carbocycles. The molecule has 0 aliphatic carbocycles. The van der Waals surface area contributed by atoms with E-state index in [1.165, 1.54) is 5.56 Å². The minimum Gasteiger partial charge on any atom is -0.419 e. The van der Waals surface area contributed by atoms with Crippen molar-refractivity contribution in [1.29, 1.82) is 0 Å². The van der Waals surface area contributed by atoms with Gasteiger partial charge in [-0.3, -0.25) is 0 Å². The van der Waals surface area contributed by atoms with E-state index in [0.717, 1.165) is 15.7 Å². The molecule has 0 aliphatic heterocycles. The molecule has 3 rings (SSSR count). The molecule has 0 amide bonds. The second kappa shape index (κ2) is 6.32. The van der Waals surface area contributed by atoms with Crippen LogP contribution in [0.25, 0.3) is 11.5 Å². The van der Waals surface area contributed by atoms with Crippen molar-refractivity contribution in [2.75, 3.05) is 11.9 Å². The van der Waals surface area contributed by atoms with Crippen molar-refractivity contribution in [1.82, 2.24) is 10.2 Å². The van der Waals surface area contributed by atoms with E-state index in [9.17, 15) is 0 Å². The summed E-state index contributed by atoms with van der Waals surface area (Å²) >= 11 is 3.44. The summed E-state index contributed by atoms with van der Waals surface area (Å²) in [6, 6.07) is 16.2. The van der Waals surface area contributed by atoms with Crippen LogP contribution in [0.4, 0.5) is 5.69 Å². The number of aromatic nitrogens is 2. The van der Waals surface area contributed by atoms with Gasteiger partial charge < -0.3 is 9.32 Å². The number of hydrogen-bond donors (Lipinski definition) is 0. The topological polar surface area (TPSA) is 42.2 Å². The lowest BCUT2D eigenvalue weighted by Gasteiger charge is -2.16. The fourth-order valence-electron chi connectivity index (χ4n) is 2.12. The number of rotatable bonds is 4. The number of anilines is 1. The molecule has 4 nitrogen and oxygen atoms in total. The summed E-state index contributed by atoms with van der Waals surface area (Å²) in [7, 11) is 2.00. The number of nitrogens with zero attached hydrogens (tertiary/aromatic N) is 3. The van der Waals surface area contributed by atoms with Crippen LogP contribution in [-0.4, -0.2) is 17.2 Å². The molecular weight excluding hydrogens is 342 g/mol. The van der Waals surface area contributed by atoms with Gasteiger partial charge in [0.05, 0.1) is 6.54 Å². The van der Waals surface area contributed by atoms with Gasteiger partial charge in [0.1, 0.15) is 0 Å². The summed E-state index contributed by atoms with van der Waals surface area (Å²) < 4.78 is 6.81. The van der Waals surface area contributed by atoms with Gasteiger partial charge in [-0.2, -0.15) is 0 Å². The van der Waals surface area contributed by atoms with Crippen LogP contribution < -0.4 is 4.90 Å². The molecule has 3 aromatic rings. The predicted octanol–water partition coefficient (Wildman–Crippen LogP) is 4.44. The van der Waals surface area contributed by atoms with E-state index in [1.54, 1.807) is 0 Å². The highest BCUT2D eigenvalue weighted by Gasteiger charge is 2.11. The van der Waals surface area contributed by atoms with Crippen LogP contribution in [-0.2, 0) is 6.54 Å². The molecule has 1 aromatic heterocycles. The molecule has 0 atom stereocenters. The lowest BCUT2D eigenvalue weighted by Crippen LogP contribution is -2.16. The molecule has 0 radical (unpaired) electrons. The minimum absolute atomic E-state index is 0.555. The Labute approximate surface area is 137 Å². The Morgan fingerprint density at radius 2 is 1.68 bits per heavy atom. The Bertz CT molecular complexity index is 750. The third-order valence-electron chi connectivity index (χ3n) is 3.41. The van der Waals surface area contributed by atoms with Crippen molar-refractivity contribution < 1.29 is 4.42 Å². The average molecular weight is 358 g/mol. The molecule has 1 heterocycles. The standard InChI is InChI=1S/C17H16BrN3O/c1-12-3-5-13(6-4-12)17-20-19-16(22-17)11-21(2)15-9-7-14(18)8-10-15/h3-10H,11H2,1-2H3. The first-order valence-electron chi connectivity index (χ1n) is 6.98. The van der Waals surface area contributed by atoms with Crippen LogP contribution in [0.3, 0.4) is 0 Å². The highest BCUT2D eigenvalue weighted by molar-refractivity contribution is 9.10. The molecule has 0 spiro atoms. The van der Waals surface area contributed by atoms with Crippen LogP contribution >= 0.6 is 15.9 Å². The van der Waals surface area contributed by atoms with Gasteiger partial charge in [0.25, 0.3) is 0 Å². The van der Waals surface area contributed by atoms with Gasteiger partial charge in [-0.1, -0.05) is 33.6 Å². The van der Waals surface area contributed by atoms with Crippen LogP contribution in [0.2, 0.25) is 0 Å². The van der Waals surface area contributed by atoms with E-state index >= 15 is 0 Å². The lowest BCUT2D eigenvalue weighted by atomic mass is 10.1. The number of halogens is 1. The summed E-state index contributed by atoms with van der Waals surface area (Å²) in [6.45, 7) is 2.62. The maximum Gasteiger partial charge on any atom is 0.247 e. The quantitative estimate of drug-likeness (QED) is 0.691. The molecule has 5 heteroatoms. The Kier molecular flexibility index (Phi) is 4.24. The highest BCUT2D eigenvalue weighted by atomic mass is 79.9. The smallest absolute Gasteiger partial charge is 0.247 e. The molecular formula is C17H16BrN3O. The monoisotopic (exact) mass is 357 g/mol. The summed E-state index contributed by atoms with van der Waals surface area (Å²) in [5.74, 6) is 1.15. The van der Waals surface area contributed by atoms with Crippen molar-refractivity contribution in [2.24, 2.45) is 0 Å². The van der Waals surface area contributed by atoms with E-state index in [2.05, 4.69) is 38.0 Å². The first-order valence-corrected chi connectivity index (χ1v) is 7.77. The van der Waals surface area contributed by atoms with Gasteiger partial charge in [0, 0.05) is 22.8 Å². The average Bonchev–Trinajstić information content (AvgIpc) is 2.97. The van der Waals surface area contributed by atoms with Crippen LogP contribution in [0.15, 0.2) is 57.4 Å². The normalized spacial score (nSPS) is 10.7. The summed E-state index contributed by atoms with van der Waals surface area (Å²) in [4.78, 5) is 2.07. The van der Waals surface area contributed by atoms with E-state index in [-0.39, 0.29) is 0 Å². The van der Waals surface area contributed by atoms with Gasteiger partial charge in [-0.05, 0) is 43.3 Å². The van der Waals surface area contributed by atoms with Crippen molar-refractivity contribution in [3.8, 4) is 11.5 Å². The van der Waals surface area contributed by atoms with E-state index in [1.807, 2.05) is 55.6 Å². The van der Waals surface area contributed by atoms with Crippen molar-refractivity contribution >= 4 is 21.6 Å². The number of benzene rings is 2. The molecule has 0 unspecified atom stereocenters. The fraction of sp³-hybridized carbons (Fsp3) is 0.176. The third-order valence-corrected chi connectivity index (χ3v) is 3.93. The minimum atomic E-state index is 0.555. The van der Waals surface area contributed by atoms with Gasteiger partial charge in [0.2, 0.25) is 11.8 Å². The van der Waals surface area contributed by atoms with Gasteiger partial charge in [-0.25, -0.2) is 0 Å². The van der Waals surface area contributed by atoms with E-state index in [4.69, 9.17) is 4.42 Å². The highest BCUT2D eigenvalue weighted by Crippen LogP contribution is 2.21. The van der Waals surface area contributed by atoms with Gasteiger partial charge in [-0.15, -0.1) is 10.2 Å². The maximum absolute atomic E-state index is 5.75. The molecule has 112 valence electrons. The zero-order valence-corrected chi connectivity index (χ0v) is 14.0. The first-order chi connectivity index (χ1) is 10.6. The summed E-state index contributed by atoms with van der Waals surface area (Å²) in [5.41, 5.74) is 3.24. The zero-order chi connectivity index (χ0) is 15.5. The van der Waals surface area contributed by atoms with Crippen molar-refractivity contribution in [2.45, 2.75) is 13.5 Å². The van der Waals surface area contributed by atoms with Crippen molar-refractivity contribution in [3.05, 3.63) is 64.5 Å². The Balaban J connectivity index is 1.73. The second-order valence-electron chi connectivity index (χ2n) is 5.20. The SMILES string of the molecule is Cc1ccc(-c2nnc(CN(C)c3ccc(Br)cc3)o2)cc1. The largest absolute Gasteiger partial charge is 0.419 e. The van der Waals surface area contributed by atoms with Gasteiger partial charge >= 0.3 is 0 Å². The Morgan fingerprint density at radius 1 is 1.00 bits per heavy atom. The lowest BCUT2D eigenvalue weighted by molar-refractivity contribution is 0.503. The molecule has 0 aliphatic rings. The van der Waals surface area contributed by atoms with Crippen LogP contribution in [0, 0.1) is 6.92 Å². The zero-order valence-electron chi connectivity index (χ0n) is 12.5. The second-order valence-corrected chi connectivity index (χ2v) is 6.12. The van der Waals surface area contributed by atoms with Crippen molar-refractivity contribution in [3.63, 3.8) is 0 Å². The van der Waals surface area contributed by atoms with Crippen LogP contribution in [0.5, 0.6) is 0 Å². The molecule has 22 heavy (non-hydrogen) atoms. The van der Waals surface area contributed by atoms with Gasteiger partial charge in [0.15, 0.2) is 0 Å². The molecule has 2 aromatic carbocycles. The van der Waals surface area contributed by atoms with Crippen LogP contribution in [0.1, 0.15) is 11.5 Å². The maximum atomic E-state index is 5.75. The fourth-order valence-corrected chi connectivity index (χ4v) is 2.38. The molecule has 0 saturated heterocycles. The summed E-state index contributed by atoms with van der Waals surface area (Å²) in [6.07, 6.45) is 0. The predicted molar refractivity (Wildman–Crippen MR) is 90.7 cm³/mol.